The van der Waals surface area contributed by atoms with Gasteiger partial charge in [-0.1, -0.05) is 218 Å². The largest absolute Gasteiger partial charge is 0.392 e. The third-order valence-corrected chi connectivity index (χ3v) is 12.5. The first-order chi connectivity index (χ1) is 30.2. The lowest BCUT2D eigenvalue weighted by atomic mass is 9.98. The topological polar surface area (TPSA) is 37.3 Å². The Labute approximate surface area is 399 Å². The van der Waals surface area contributed by atoms with Gasteiger partial charge in [0.1, 0.15) is 6.29 Å². The maximum absolute atomic E-state index is 10.4. The molecule has 0 radical (unpaired) electrons. The normalized spacial score (nSPS) is 12.7. The number of allylic oxidation sites excluding steroid dienone is 2. The van der Waals surface area contributed by atoms with Gasteiger partial charge in [-0.05, 0) is 120 Å². The number of aliphatic hydroxyl groups excluding tert-OH is 1. The molecule has 0 fully saturated rings. The number of hydrogen-bond acceptors (Lipinski definition) is 2. The highest BCUT2D eigenvalue weighted by Gasteiger charge is 2.04. The first-order valence-corrected chi connectivity index (χ1v) is 25.1. The van der Waals surface area contributed by atoms with E-state index in [4.69, 9.17) is 28.3 Å². The summed E-state index contributed by atoms with van der Waals surface area (Å²) in [7, 11) is 0. The van der Waals surface area contributed by atoms with Gasteiger partial charge in [0, 0.05) is 16.8 Å². The molecule has 4 aromatic rings. The number of aldehydes is 1. The molecule has 5 atom stereocenters. The van der Waals surface area contributed by atoms with Crippen LogP contribution in [-0.4, -0.2) is 16.8 Å². The van der Waals surface area contributed by atoms with Gasteiger partial charge < -0.3 is 5.11 Å². The van der Waals surface area contributed by atoms with Crippen LogP contribution in [0.4, 0.5) is 0 Å². The molecule has 2 nitrogen and oxygen atoms in total. The molecular formula is C59H90Cl2O2. The number of carbonyl (C=O) groups excluding carboxylic acids is 1. The summed E-state index contributed by atoms with van der Waals surface area (Å²) in [5.74, 6) is 4.07. The number of halogens is 2. The van der Waals surface area contributed by atoms with Crippen LogP contribution in [0.25, 0.3) is 6.08 Å². The Kier molecular flexibility index (Phi) is 39.3. The van der Waals surface area contributed by atoms with Gasteiger partial charge in [0.15, 0.2) is 0 Å². The molecule has 0 spiro atoms. The van der Waals surface area contributed by atoms with Crippen LogP contribution in [0.1, 0.15) is 221 Å². The van der Waals surface area contributed by atoms with Crippen molar-refractivity contribution < 1.29 is 9.90 Å². The second-order valence-electron chi connectivity index (χ2n) is 16.7. The number of rotatable bonds is 18. The average Bonchev–Trinajstić information content (AvgIpc) is 3.35. The van der Waals surface area contributed by atoms with Crippen LogP contribution in [0, 0.1) is 5.92 Å². The van der Waals surface area contributed by atoms with Crippen molar-refractivity contribution in [3.05, 3.63) is 160 Å². The minimum absolute atomic E-state index is 0.140. The summed E-state index contributed by atoms with van der Waals surface area (Å²) in [6.07, 6.45) is 18.2. The van der Waals surface area contributed by atoms with Crippen molar-refractivity contribution in [2.45, 2.75) is 189 Å². The number of hydrogen-bond donors (Lipinski definition) is 1. The minimum Gasteiger partial charge on any atom is -0.392 e. The predicted octanol–water partition coefficient (Wildman–Crippen LogP) is 19.3. The van der Waals surface area contributed by atoms with Crippen molar-refractivity contribution in [2.75, 3.05) is 0 Å². The van der Waals surface area contributed by atoms with Crippen LogP contribution >= 0.6 is 23.2 Å². The highest BCUT2D eigenvalue weighted by atomic mass is 35.5. The van der Waals surface area contributed by atoms with E-state index in [2.05, 4.69) is 162 Å². The van der Waals surface area contributed by atoms with Gasteiger partial charge in [0.25, 0.3) is 0 Å². The Morgan fingerprint density at radius 3 is 1.10 bits per heavy atom. The second-order valence-corrected chi connectivity index (χ2v) is 17.7. The van der Waals surface area contributed by atoms with Gasteiger partial charge >= 0.3 is 0 Å². The van der Waals surface area contributed by atoms with Crippen LogP contribution in [0.2, 0.25) is 0 Å². The van der Waals surface area contributed by atoms with Gasteiger partial charge in [-0.2, -0.15) is 0 Å². The smallest absolute Gasteiger partial charge is 0.150 e. The summed E-state index contributed by atoms with van der Waals surface area (Å²) < 4.78 is 0. The van der Waals surface area contributed by atoms with E-state index in [0.29, 0.717) is 34.9 Å². The van der Waals surface area contributed by atoms with Crippen molar-refractivity contribution in [1.82, 2.24) is 0 Å². The van der Waals surface area contributed by atoms with E-state index < -0.39 is 0 Å². The van der Waals surface area contributed by atoms with E-state index in [9.17, 15) is 4.79 Å². The summed E-state index contributed by atoms with van der Waals surface area (Å²) in [5.41, 5.74) is 9.63. The van der Waals surface area contributed by atoms with Crippen LogP contribution in [0.15, 0.2) is 116 Å². The highest BCUT2D eigenvalue weighted by Crippen LogP contribution is 2.21. The number of aliphatic hydroxyl groups is 1. The van der Waals surface area contributed by atoms with Crippen LogP contribution in [0.3, 0.4) is 0 Å². The second kappa shape index (κ2) is 40.1. The van der Waals surface area contributed by atoms with E-state index in [1.807, 2.05) is 49.4 Å². The van der Waals surface area contributed by atoms with E-state index in [0.717, 1.165) is 36.2 Å². The van der Waals surface area contributed by atoms with Crippen LogP contribution < -0.4 is 0 Å². The lowest BCUT2D eigenvalue weighted by Crippen LogP contribution is -1.93. The Bertz CT molecular complexity index is 1540. The van der Waals surface area contributed by atoms with Crippen molar-refractivity contribution >= 4 is 35.6 Å². The number of alkyl halides is 2. The van der Waals surface area contributed by atoms with Gasteiger partial charge in [0.2, 0.25) is 0 Å². The SMILES string of the molecule is C=Cc1ccc(C(C)CC)cc1.CC/C=C/CC(CC)CC.CCC(C)Cl.CCC(C)c1ccc(C=O)cc1.CCC(C)c1ccc(CCl)cc1.CCC(C)c1ccc(CO)cc1. The molecule has 0 heterocycles. The highest BCUT2D eigenvalue weighted by molar-refractivity contribution is 6.20. The summed E-state index contributed by atoms with van der Waals surface area (Å²) in [6, 6.07) is 33.1. The van der Waals surface area contributed by atoms with Crippen molar-refractivity contribution in [3.63, 3.8) is 0 Å². The van der Waals surface area contributed by atoms with E-state index >= 15 is 0 Å². The summed E-state index contributed by atoms with van der Waals surface area (Å²) in [5, 5.41) is 9.18. The molecule has 5 unspecified atom stereocenters. The molecule has 0 aliphatic heterocycles. The molecule has 0 aromatic heterocycles. The molecule has 0 bridgehead atoms. The zero-order valence-corrected chi connectivity index (χ0v) is 43.6. The molecule has 0 saturated heterocycles. The molecule has 0 saturated carbocycles. The molecular weight excluding hydrogens is 812 g/mol. The maximum atomic E-state index is 10.4. The first kappa shape index (κ1) is 61.7. The lowest BCUT2D eigenvalue weighted by Gasteiger charge is -2.08. The zero-order chi connectivity index (χ0) is 48.0. The lowest BCUT2D eigenvalue weighted by molar-refractivity contribution is 0.112. The van der Waals surface area contributed by atoms with E-state index in [1.165, 1.54) is 78.3 Å². The van der Waals surface area contributed by atoms with Gasteiger partial charge in [0.05, 0.1) is 6.61 Å². The number of carbonyl (C=O) groups is 1. The fourth-order valence-corrected chi connectivity index (χ4v) is 5.95. The zero-order valence-electron chi connectivity index (χ0n) is 42.1. The van der Waals surface area contributed by atoms with Crippen molar-refractivity contribution in [1.29, 1.82) is 0 Å². The predicted molar refractivity (Wildman–Crippen MR) is 285 cm³/mol. The maximum Gasteiger partial charge on any atom is 0.150 e. The minimum atomic E-state index is 0.140. The van der Waals surface area contributed by atoms with Gasteiger partial charge in [-0.15, -0.1) is 23.2 Å². The number of benzene rings is 4. The standard InChI is InChI=1S/C12H16.C11H15Cl.C11H16O.C11H14O.C10H20.C4H9Cl/c1-4-10(3)12-8-6-11(5-2)7-9-12;3*1-3-9(2)11-6-4-10(8-12)5-7-11;1-4-7-8-9-10(5-2)6-3;1-3-4(2)5/h5-10H,2,4H2,1,3H3;4-7,9H,3,8H2,1-2H3;4-7,9,12H,3,8H2,1-2H3;4-9H,3H2,1-2H3;7-8,10H,4-6,9H2,1-3H3;4H,3H2,1-2H3/b;;;;8-7+;. The van der Waals surface area contributed by atoms with Gasteiger partial charge in [-0.25, -0.2) is 0 Å². The summed E-state index contributed by atoms with van der Waals surface area (Å²) >= 11 is 11.2. The van der Waals surface area contributed by atoms with E-state index in [-0.39, 0.29) is 6.61 Å². The summed E-state index contributed by atoms with van der Waals surface area (Å²) in [6.45, 7) is 32.3. The fourth-order valence-electron chi connectivity index (χ4n) is 5.77. The molecule has 1 N–H and O–H groups in total. The molecule has 352 valence electrons. The van der Waals surface area contributed by atoms with Crippen LogP contribution in [0.5, 0.6) is 0 Å². The molecule has 0 amide bonds. The Morgan fingerprint density at radius 1 is 0.508 bits per heavy atom. The molecule has 0 aliphatic rings. The monoisotopic (exact) mass is 901 g/mol. The third kappa shape index (κ3) is 29.6. The Hall–Kier alpha value is -3.43. The van der Waals surface area contributed by atoms with E-state index in [1.54, 1.807) is 0 Å². The van der Waals surface area contributed by atoms with Gasteiger partial charge in [-0.3, -0.25) is 4.79 Å². The molecule has 4 rings (SSSR count). The Balaban J connectivity index is 0. The average molecular weight is 902 g/mol. The molecule has 4 heteroatoms. The van der Waals surface area contributed by atoms with Crippen molar-refractivity contribution in [2.24, 2.45) is 5.92 Å². The Morgan fingerprint density at radius 2 is 0.841 bits per heavy atom. The summed E-state index contributed by atoms with van der Waals surface area (Å²) in [4.78, 5) is 10.4. The molecule has 0 aliphatic carbocycles. The molecule has 63 heavy (non-hydrogen) atoms. The fraction of sp³-hybridized carbons (Fsp3) is 0.508. The van der Waals surface area contributed by atoms with Crippen molar-refractivity contribution in [3.8, 4) is 0 Å². The first-order valence-electron chi connectivity index (χ1n) is 24.1. The molecule has 4 aromatic carbocycles. The third-order valence-electron chi connectivity index (χ3n) is 11.9. The quantitative estimate of drug-likeness (QED) is 0.0614. The van der Waals surface area contributed by atoms with Crippen LogP contribution in [-0.2, 0) is 12.5 Å².